The van der Waals surface area contributed by atoms with Crippen molar-refractivity contribution in [2.45, 2.75) is 13.0 Å². The van der Waals surface area contributed by atoms with E-state index in [-0.39, 0.29) is 57.9 Å². The van der Waals surface area contributed by atoms with Gasteiger partial charge in [0.2, 0.25) is 5.75 Å². The molecule has 230 valence electrons. The van der Waals surface area contributed by atoms with Crippen molar-refractivity contribution in [3.05, 3.63) is 52.4 Å². The standard InChI is InChI=1S/C30H27NO12S.Na/c1-37-19-7-6-14(10-18(19)32)24-25-17-12-21(38-2)22(43-44(34,35)36)13-20(17)42-30(33)27(25)31-9-8-15-16(26(24)31)11-23(39-3)29(41-5)28(15)40-4;/h6-7,10-13,32H,8-9H2,1-5H3,(H,34,35,36);/q;+1/p-1. The fourth-order valence-electron chi connectivity index (χ4n) is 5.93. The molecule has 0 saturated carbocycles. The topological polar surface area (TPSA) is 168 Å². The molecular weight excluding hydrogens is 621 g/mol. The van der Waals surface area contributed by atoms with Crippen molar-refractivity contribution in [3.8, 4) is 62.6 Å². The zero-order valence-electron chi connectivity index (χ0n) is 25.2. The molecular formula is C30H26NNaO12S. The molecule has 0 spiro atoms. The number of rotatable bonds is 8. The fourth-order valence-corrected chi connectivity index (χ4v) is 6.28. The number of phenolic OH excluding ortho intramolecular Hbond substituents is 1. The Labute approximate surface area is 279 Å². The first-order valence-corrected chi connectivity index (χ1v) is 14.4. The van der Waals surface area contributed by atoms with Gasteiger partial charge in [-0.15, -0.1) is 0 Å². The van der Waals surface area contributed by atoms with Crippen LogP contribution in [0.2, 0.25) is 0 Å². The quantitative estimate of drug-likeness (QED) is 0.111. The summed E-state index contributed by atoms with van der Waals surface area (Å²) in [5.74, 6) is 0.847. The first-order valence-electron chi connectivity index (χ1n) is 13.1. The van der Waals surface area contributed by atoms with Gasteiger partial charge in [-0.3, -0.25) is 0 Å². The molecule has 1 N–H and O–H groups in total. The first kappa shape index (κ1) is 32.3. The summed E-state index contributed by atoms with van der Waals surface area (Å²) in [6.45, 7) is 0.343. The van der Waals surface area contributed by atoms with E-state index in [2.05, 4.69) is 4.18 Å². The van der Waals surface area contributed by atoms with E-state index in [1.54, 1.807) is 18.2 Å². The molecule has 1 aliphatic heterocycles. The van der Waals surface area contributed by atoms with Crippen LogP contribution in [-0.2, 0) is 23.4 Å². The van der Waals surface area contributed by atoms with Crippen molar-refractivity contribution >= 4 is 32.3 Å². The van der Waals surface area contributed by atoms with Crippen LogP contribution in [0.15, 0.2) is 45.6 Å². The van der Waals surface area contributed by atoms with Crippen molar-refractivity contribution in [2.75, 3.05) is 35.5 Å². The van der Waals surface area contributed by atoms with Crippen molar-refractivity contribution in [3.63, 3.8) is 0 Å². The molecule has 0 atom stereocenters. The fraction of sp³-hybridized carbons (Fsp3) is 0.233. The van der Waals surface area contributed by atoms with Crippen LogP contribution < -0.4 is 63.1 Å². The number of fused-ring (bicyclic) bond motifs is 7. The van der Waals surface area contributed by atoms with Crippen molar-refractivity contribution in [1.29, 1.82) is 0 Å². The number of phenols is 1. The van der Waals surface area contributed by atoms with E-state index in [0.29, 0.717) is 63.4 Å². The van der Waals surface area contributed by atoms with Gasteiger partial charge in [0.25, 0.3) is 10.4 Å². The number of aryl methyl sites for hydroxylation is 1. The molecule has 45 heavy (non-hydrogen) atoms. The Kier molecular flexibility index (Phi) is 8.63. The minimum atomic E-state index is -5.18. The minimum absolute atomic E-state index is 0. The number of hydrogen-bond donors (Lipinski definition) is 1. The molecule has 3 heterocycles. The monoisotopic (exact) mass is 647 g/mol. The van der Waals surface area contributed by atoms with E-state index in [1.807, 2.05) is 4.57 Å². The molecule has 0 fully saturated rings. The zero-order valence-corrected chi connectivity index (χ0v) is 28.0. The molecule has 1 aliphatic rings. The van der Waals surface area contributed by atoms with Crippen LogP contribution in [0.4, 0.5) is 0 Å². The van der Waals surface area contributed by atoms with Gasteiger partial charge >= 0.3 is 35.2 Å². The minimum Gasteiger partial charge on any atom is -0.716 e. The average molecular weight is 648 g/mol. The van der Waals surface area contributed by atoms with Crippen LogP contribution >= 0.6 is 0 Å². The first-order chi connectivity index (χ1) is 21.0. The van der Waals surface area contributed by atoms with E-state index in [9.17, 15) is 22.9 Å². The van der Waals surface area contributed by atoms with Crippen LogP contribution in [0.1, 0.15) is 5.56 Å². The Balaban J connectivity index is 0.00000400. The number of ether oxygens (including phenoxy) is 5. The third-order valence-corrected chi connectivity index (χ3v) is 8.01. The number of methoxy groups -OCH3 is 5. The number of benzene rings is 3. The summed E-state index contributed by atoms with van der Waals surface area (Å²) in [7, 11) is 2.07. The molecule has 6 rings (SSSR count). The SMILES string of the molecule is COc1ccc(-c2c3n(c4c(=O)oc5cc(OS(=O)(=O)[O-])c(OC)cc5c24)CCc2c-3cc(OC)c(OC)c2OC)cc1O.[Na+]. The molecule has 15 heteroatoms. The molecule has 13 nitrogen and oxygen atoms in total. The number of hydrogen-bond acceptors (Lipinski definition) is 12. The van der Waals surface area contributed by atoms with Gasteiger partial charge in [-0.25, -0.2) is 13.2 Å². The largest absolute Gasteiger partial charge is 1.00 e. The molecule has 0 amide bonds. The molecule has 0 bridgehead atoms. The van der Waals surface area contributed by atoms with Gasteiger partial charge in [0, 0.05) is 40.1 Å². The normalized spacial score (nSPS) is 12.2. The van der Waals surface area contributed by atoms with E-state index in [4.69, 9.17) is 28.1 Å². The average Bonchev–Trinajstić information content (AvgIpc) is 3.35. The molecule has 3 aromatic carbocycles. The molecule has 0 aliphatic carbocycles. The second-order valence-electron chi connectivity index (χ2n) is 9.79. The van der Waals surface area contributed by atoms with E-state index in [0.717, 1.165) is 11.6 Å². The second-order valence-corrected chi connectivity index (χ2v) is 10.8. The van der Waals surface area contributed by atoms with Gasteiger partial charge in [0.15, 0.2) is 34.5 Å². The van der Waals surface area contributed by atoms with Gasteiger partial charge < -0.3 is 46.5 Å². The Hall–Kier alpha value is -4.08. The summed E-state index contributed by atoms with van der Waals surface area (Å²) in [5, 5.41) is 11.6. The molecule has 0 unspecified atom stereocenters. The molecule has 5 aromatic rings. The van der Waals surface area contributed by atoms with E-state index < -0.39 is 21.8 Å². The van der Waals surface area contributed by atoms with Gasteiger partial charge in [0.05, 0.1) is 41.2 Å². The second kappa shape index (κ2) is 12.0. The third kappa shape index (κ3) is 5.21. The van der Waals surface area contributed by atoms with Crippen LogP contribution in [0.25, 0.3) is 44.3 Å². The maximum atomic E-state index is 13.7. The summed E-state index contributed by atoms with van der Waals surface area (Å²) >= 11 is 0. The molecule has 2 aromatic heterocycles. The van der Waals surface area contributed by atoms with Crippen LogP contribution in [-0.4, -0.2) is 58.2 Å². The number of aromatic nitrogens is 1. The van der Waals surface area contributed by atoms with Gasteiger partial charge in [0.1, 0.15) is 11.1 Å². The van der Waals surface area contributed by atoms with Crippen LogP contribution in [0, 0.1) is 0 Å². The van der Waals surface area contributed by atoms with E-state index in [1.165, 1.54) is 47.7 Å². The summed E-state index contributed by atoms with van der Waals surface area (Å²) in [6, 6.07) is 9.18. The Morgan fingerprint density at radius 2 is 1.56 bits per heavy atom. The predicted molar refractivity (Wildman–Crippen MR) is 157 cm³/mol. The Morgan fingerprint density at radius 1 is 0.867 bits per heavy atom. The maximum Gasteiger partial charge on any atom is 1.00 e. The zero-order chi connectivity index (χ0) is 31.5. The molecule has 0 saturated heterocycles. The van der Waals surface area contributed by atoms with Gasteiger partial charge in [-0.1, -0.05) is 6.07 Å². The number of nitrogens with zero attached hydrogens (tertiary/aromatic N) is 1. The summed E-state index contributed by atoms with van der Waals surface area (Å²) in [4.78, 5) is 13.7. The summed E-state index contributed by atoms with van der Waals surface area (Å²) in [6.07, 6.45) is 0.456. The third-order valence-electron chi connectivity index (χ3n) is 7.63. The Morgan fingerprint density at radius 3 is 2.16 bits per heavy atom. The van der Waals surface area contributed by atoms with Crippen LogP contribution in [0.5, 0.6) is 40.2 Å². The summed E-state index contributed by atoms with van der Waals surface area (Å²) < 4.78 is 74.0. The summed E-state index contributed by atoms with van der Waals surface area (Å²) in [5.41, 5.74) is 2.58. The Bertz CT molecular complexity index is 2150. The van der Waals surface area contributed by atoms with Crippen LogP contribution in [0.3, 0.4) is 0 Å². The van der Waals surface area contributed by atoms with Gasteiger partial charge in [-0.05, 0) is 36.2 Å². The van der Waals surface area contributed by atoms with Crippen molar-refractivity contribution < 1.29 is 79.9 Å². The van der Waals surface area contributed by atoms with Gasteiger partial charge in [-0.2, -0.15) is 0 Å². The smallest absolute Gasteiger partial charge is 0.716 e. The van der Waals surface area contributed by atoms with E-state index >= 15 is 0 Å². The number of aromatic hydroxyl groups is 1. The molecule has 0 radical (unpaired) electrons. The predicted octanol–water partition coefficient (Wildman–Crippen LogP) is 1.23. The van der Waals surface area contributed by atoms with Crippen molar-refractivity contribution in [1.82, 2.24) is 4.57 Å². The maximum absolute atomic E-state index is 13.7. The van der Waals surface area contributed by atoms with Crippen molar-refractivity contribution in [2.24, 2.45) is 0 Å².